The Morgan fingerprint density at radius 1 is 1.44 bits per heavy atom. The number of aromatic nitrogens is 1. The second kappa shape index (κ2) is 5.70. The lowest BCUT2D eigenvalue weighted by molar-refractivity contribution is 0.224. The van der Waals surface area contributed by atoms with E-state index in [4.69, 9.17) is 5.73 Å². The van der Waals surface area contributed by atoms with E-state index >= 15 is 0 Å². The van der Waals surface area contributed by atoms with Crippen molar-refractivity contribution in [3.63, 3.8) is 0 Å². The van der Waals surface area contributed by atoms with Crippen molar-refractivity contribution < 1.29 is 0 Å². The number of pyridine rings is 1. The van der Waals surface area contributed by atoms with Crippen LogP contribution in [0.5, 0.6) is 0 Å². The summed E-state index contributed by atoms with van der Waals surface area (Å²) in [5.74, 6) is 0. The first kappa shape index (κ1) is 12.8. The second-order valence-electron chi connectivity index (χ2n) is 4.22. The normalized spacial score (nSPS) is 11.3. The number of nitrogen functional groups attached to an aromatic ring is 1. The molecule has 0 unspecified atom stereocenters. The summed E-state index contributed by atoms with van der Waals surface area (Å²) in [5, 5.41) is 0. The van der Waals surface area contributed by atoms with Crippen molar-refractivity contribution in [1.82, 2.24) is 9.47 Å². The molecular weight excluding hydrogens is 202 g/mol. The fourth-order valence-corrected chi connectivity index (χ4v) is 1.74. The average molecular weight is 223 g/mol. The molecule has 0 saturated carbocycles. The molecule has 0 atom stereocenters. The van der Waals surface area contributed by atoms with Crippen molar-refractivity contribution in [2.75, 3.05) is 18.8 Å². The lowest BCUT2D eigenvalue weighted by atomic mass is 10.3. The maximum Gasteiger partial charge on any atom is 0.250 e. The Balaban J connectivity index is 2.67. The molecule has 90 valence electrons. The Morgan fingerprint density at radius 3 is 2.69 bits per heavy atom. The SMILES string of the molecule is CCN(CCn1cc(N)ccc1=O)C(C)C. The van der Waals surface area contributed by atoms with Crippen LogP contribution in [0.3, 0.4) is 0 Å². The molecule has 0 aliphatic rings. The Bertz CT molecular complexity index is 384. The molecule has 0 radical (unpaired) electrons. The van der Waals surface area contributed by atoms with Crippen LogP contribution in [-0.2, 0) is 6.54 Å². The Hall–Kier alpha value is -1.29. The van der Waals surface area contributed by atoms with Gasteiger partial charge in [0.2, 0.25) is 0 Å². The molecule has 0 saturated heterocycles. The van der Waals surface area contributed by atoms with Crippen LogP contribution in [0.15, 0.2) is 23.1 Å². The number of anilines is 1. The number of nitrogens with zero attached hydrogens (tertiary/aromatic N) is 2. The molecule has 0 bridgehead atoms. The third kappa shape index (κ3) is 3.38. The largest absolute Gasteiger partial charge is 0.398 e. The number of nitrogens with two attached hydrogens (primary N) is 1. The average Bonchev–Trinajstić information content (AvgIpc) is 2.23. The molecule has 16 heavy (non-hydrogen) atoms. The first-order chi connectivity index (χ1) is 7.54. The molecule has 2 N–H and O–H groups in total. The van der Waals surface area contributed by atoms with E-state index in [0.717, 1.165) is 13.1 Å². The Labute approximate surface area is 96.7 Å². The monoisotopic (exact) mass is 223 g/mol. The van der Waals surface area contributed by atoms with Gasteiger partial charge in [-0.1, -0.05) is 6.92 Å². The third-order valence-electron chi connectivity index (χ3n) is 2.77. The van der Waals surface area contributed by atoms with Crippen LogP contribution in [0, 0.1) is 0 Å². The van der Waals surface area contributed by atoms with Crippen LogP contribution in [0.1, 0.15) is 20.8 Å². The van der Waals surface area contributed by atoms with Gasteiger partial charge in [-0.3, -0.25) is 9.69 Å². The Kier molecular flexibility index (Phi) is 4.55. The quantitative estimate of drug-likeness (QED) is 0.815. The fraction of sp³-hybridized carbons (Fsp3) is 0.583. The van der Waals surface area contributed by atoms with E-state index in [1.165, 1.54) is 6.07 Å². The molecule has 1 aromatic heterocycles. The van der Waals surface area contributed by atoms with Crippen LogP contribution in [-0.4, -0.2) is 28.6 Å². The van der Waals surface area contributed by atoms with Gasteiger partial charge in [0, 0.05) is 37.1 Å². The zero-order valence-corrected chi connectivity index (χ0v) is 10.3. The highest BCUT2D eigenvalue weighted by Crippen LogP contribution is 2.00. The van der Waals surface area contributed by atoms with Crippen molar-refractivity contribution in [2.45, 2.75) is 33.4 Å². The van der Waals surface area contributed by atoms with Gasteiger partial charge in [0.1, 0.15) is 0 Å². The number of hydrogen-bond acceptors (Lipinski definition) is 3. The first-order valence-corrected chi connectivity index (χ1v) is 5.74. The summed E-state index contributed by atoms with van der Waals surface area (Å²) in [4.78, 5) is 13.8. The van der Waals surface area contributed by atoms with Gasteiger partial charge < -0.3 is 10.3 Å². The van der Waals surface area contributed by atoms with Crippen LogP contribution < -0.4 is 11.3 Å². The minimum Gasteiger partial charge on any atom is -0.398 e. The smallest absolute Gasteiger partial charge is 0.250 e. The third-order valence-corrected chi connectivity index (χ3v) is 2.77. The molecule has 0 amide bonds. The highest BCUT2D eigenvalue weighted by Gasteiger charge is 2.06. The van der Waals surface area contributed by atoms with Crippen LogP contribution in [0.2, 0.25) is 0 Å². The molecule has 0 spiro atoms. The van der Waals surface area contributed by atoms with E-state index in [1.54, 1.807) is 16.8 Å². The summed E-state index contributed by atoms with van der Waals surface area (Å²) in [6.45, 7) is 9.00. The van der Waals surface area contributed by atoms with E-state index in [-0.39, 0.29) is 5.56 Å². The number of rotatable bonds is 5. The second-order valence-corrected chi connectivity index (χ2v) is 4.22. The fourth-order valence-electron chi connectivity index (χ4n) is 1.74. The highest BCUT2D eigenvalue weighted by atomic mass is 16.1. The maximum atomic E-state index is 11.5. The van der Waals surface area contributed by atoms with Crippen molar-refractivity contribution in [3.8, 4) is 0 Å². The molecule has 1 aromatic rings. The van der Waals surface area contributed by atoms with Crippen molar-refractivity contribution in [1.29, 1.82) is 0 Å². The van der Waals surface area contributed by atoms with Crippen molar-refractivity contribution >= 4 is 5.69 Å². The summed E-state index contributed by atoms with van der Waals surface area (Å²) < 4.78 is 1.67. The Morgan fingerprint density at radius 2 is 2.12 bits per heavy atom. The molecule has 4 heteroatoms. The number of hydrogen-bond donors (Lipinski definition) is 1. The minimum absolute atomic E-state index is 0.00834. The summed E-state index contributed by atoms with van der Waals surface area (Å²) in [5.41, 5.74) is 6.29. The van der Waals surface area contributed by atoms with Crippen LogP contribution >= 0.6 is 0 Å². The highest BCUT2D eigenvalue weighted by molar-refractivity contribution is 5.33. The van der Waals surface area contributed by atoms with Crippen molar-refractivity contribution in [3.05, 3.63) is 28.7 Å². The topological polar surface area (TPSA) is 51.3 Å². The van der Waals surface area contributed by atoms with E-state index < -0.39 is 0 Å². The first-order valence-electron chi connectivity index (χ1n) is 5.74. The van der Waals surface area contributed by atoms with Gasteiger partial charge in [-0.25, -0.2) is 0 Å². The van der Waals surface area contributed by atoms with E-state index in [9.17, 15) is 4.79 Å². The summed E-state index contributed by atoms with van der Waals surface area (Å²) in [6, 6.07) is 3.65. The minimum atomic E-state index is 0.00834. The summed E-state index contributed by atoms with van der Waals surface area (Å²) in [7, 11) is 0. The van der Waals surface area contributed by atoms with Gasteiger partial charge in [0.15, 0.2) is 0 Å². The number of likely N-dealkylation sites (N-methyl/N-ethyl adjacent to an activating group) is 1. The van der Waals surface area contributed by atoms with Crippen molar-refractivity contribution in [2.24, 2.45) is 0 Å². The summed E-state index contributed by atoms with van der Waals surface area (Å²) >= 11 is 0. The van der Waals surface area contributed by atoms with Gasteiger partial charge in [0.25, 0.3) is 5.56 Å². The summed E-state index contributed by atoms with van der Waals surface area (Å²) in [6.07, 6.45) is 1.70. The zero-order valence-electron chi connectivity index (χ0n) is 10.3. The van der Waals surface area contributed by atoms with E-state index in [2.05, 4.69) is 25.7 Å². The molecule has 0 aromatic carbocycles. The van der Waals surface area contributed by atoms with E-state index in [1.807, 2.05) is 0 Å². The van der Waals surface area contributed by atoms with Gasteiger partial charge in [-0.15, -0.1) is 0 Å². The van der Waals surface area contributed by atoms with E-state index in [0.29, 0.717) is 18.3 Å². The molecule has 0 fully saturated rings. The molecule has 1 rings (SSSR count). The van der Waals surface area contributed by atoms with Gasteiger partial charge in [-0.05, 0) is 26.5 Å². The molecule has 0 aliphatic heterocycles. The lowest BCUT2D eigenvalue weighted by Gasteiger charge is -2.24. The van der Waals surface area contributed by atoms with Gasteiger partial charge in [-0.2, -0.15) is 0 Å². The van der Waals surface area contributed by atoms with Gasteiger partial charge >= 0.3 is 0 Å². The lowest BCUT2D eigenvalue weighted by Crippen LogP contribution is -2.35. The molecule has 4 nitrogen and oxygen atoms in total. The maximum absolute atomic E-state index is 11.5. The predicted octanol–water partition coefficient (Wildman–Crippen LogP) is 1.16. The van der Waals surface area contributed by atoms with Gasteiger partial charge in [0.05, 0.1) is 0 Å². The molecular formula is C12H21N3O. The van der Waals surface area contributed by atoms with Crippen LogP contribution in [0.25, 0.3) is 0 Å². The predicted molar refractivity (Wildman–Crippen MR) is 67.5 cm³/mol. The molecule has 1 heterocycles. The van der Waals surface area contributed by atoms with Crippen LogP contribution in [0.4, 0.5) is 5.69 Å². The zero-order chi connectivity index (χ0) is 12.1. The standard InChI is InChI=1S/C12H21N3O/c1-4-14(10(2)3)7-8-15-9-11(13)5-6-12(15)16/h5-6,9-10H,4,7-8,13H2,1-3H3. The molecule has 0 aliphatic carbocycles.